The summed E-state index contributed by atoms with van der Waals surface area (Å²) in [6, 6.07) is 13.3. The molecule has 16 heavy (non-hydrogen) atoms. The second-order valence-electron chi connectivity index (χ2n) is 3.23. The van der Waals surface area contributed by atoms with Crippen LogP contribution in [-0.4, -0.2) is 18.0 Å². The third kappa shape index (κ3) is 3.10. The van der Waals surface area contributed by atoms with E-state index in [1.807, 2.05) is 24.3 Å². The Labute approximate surface area is 94.6 Å². The van der Waals surface area contributed by atoms with E-state index in [0.717, 1.165) is 5.56 Å². The first kappa shape index (κ1) is 11.7. The molecule has 0 fully saturated rings. The first-order chi connectivity index (χ1) is 7.81. The largest absolute Gasteiger partial charge is 0.273 e. The van der Waals surface area contributed by atoms with Crippen molar-refractivity contribution >= 4 is 0 Å². The molecule has 0 N–H and O–H groups in total. The van der Waals surface area contributed by atoms with E-state index in [1.165, 1.54) is 0 Å². The molecule has 4 nitrogen and oxygen atoms in total. The molecular weight excluding hydrogens is 200 g/mol. The van der Waals surface area contributed by atoms with E-state index in [9.17, 15) is 0 Å². The van der Waals surface area contributed by atoms with Crippen LogP contribution in [0.1, 0.15) is 11.1 Å². The van der Waals surface area contributed by atoms with Crippen molar-refractivity contribution in [2.24, 2.45) is 0 Å². The Morgan fingerprint density at radius 2 is 1.62 bits per heavy atom. The third-order valence-electron chi connectivity index (χ3n) is 2.12. The van der Waals surface area contributed by atoms with Gasteiger partial charge in [0.05, 0.1) is 36.9 Å². The first-order valence-corrected chi connectivity index (χ1v) is 4.76. The monoisotopic (exact) mass is 210 g/mol. The normalized spacial score (nSPS) is 9.12. The molecule has 0 bridgehead atoms. The number of benzene rings is 1. The van der Waals surface area contributed by atoms with Crippen LogP contribution in [0.5, 0.6) is 0 Å². The van der Waals surface area contributed by atoms with Gasteiger partial charge < -0.3 is 0 Å². The van der Waals surface area contributed by atoms with E-state index in [2.05, 4.69) is 6.07 Å². The summed E-state index contributed by atoms with van der Waals surface area (Å²) in [5, 5.41) is 26.1. The molecule has 1 aromatic rings. The number of hydrogen-bond donors (Lipinski definition) is 0. The van der Waals surface area contributed by atoms with E-state index in [4.69, 9.17) is 15.8 Å². The molecule has 4 heteroatoms. The summed E-state index contributed by atoms with van der Waals surface area (Å²) in [5.74, 6) is 0. The van der Waals surface area contributed by atoms with Crippen LogP contribution in [0.4, 0.5) is 0 Å². The molecule has 0 heterocycles. The van der Waals surface area contributed by atoms with Gasteiger partial charge in [-0.3, -0.25) is 4.90 Å². The van der Waals surface area contributed by atoms with Gasteiger partial charge in [-0.05, 0) is 11.6 Å². The number of nitrogens with zero attached hydrogens (tertiary/aromatic N) is 4. The van der Waals surface area contributed by atoms with Gasteiger partial charge in [-0.2, -0.15) is 15.8 Å². The predicted molar refractivity (Wildman–Crippen MR) is 57.7 cm³/mol. The fourth-order valence-corrected chi connectivity index (χ4v) is 1.38. The van der Waals surface area contributed by atoms with Gasteiger partial charge in [0.15, 0.2) is 0 Å². The summed E-state index contributed by atoms with van der Waals surface area (Å²) in [6.07, 6.45) is 0. The van der Waals surface area contributed by atoms with Crippen molar-refractivity contribution < 1.29 is 0 Å². The number of hydrogen-bond acceptors (Lipinski definition) is 4. The maximum Gasteiger partial charge on any atom is 0.0995 e. The molecule has 0 aliphatic carbocycles. The Kier molecular flexibility index (Phi) is 4.54. The van der Waals surface area contributed by atoms with E-state index in [0.29, 0.717) is 12.1 Å². The van der Waals surface area contributed by atoms with Crippen LogP contribution in [0.15, 0.2) is 24.3 Å². The molecule has 1 rings (SSSR count). The predicted octanol–water partition coefficient (Wildman–Crippen LogP) is 1.41. The number of nitriles is 3. The summed E-state index contributed by atoms with van der Waals surface area (Å²) in [6.45, 7) is 0.825. The lowest BCUT2D eigenvalue weighted by atomic mass is 10.1. The van der Waals surface area contributed by atoms with Crippen LogP contribution in [0.3, 0.4) is 0 Å². The molecule has 0 atom stereocenters. The van der Waals surface area contributed by atoms with Crippen LogP contribution in [0.25, 0.3) is 0 Å². The second kappa shape index (κ2) is 6.19. The summed E-state index contributed by atoms with van der Waals surface area (Å²) in [5.41, 5.74) is 1.43. The lowest BCUT2D eigenvalue weighted by Gasteiger charge is -2.15. The highest BCUT2D eigenvalue weighted by Gasteiger charge is 2.07. The Morgan fingerprint density at radius 1 is 1.00 bits per heavy atom. The fraction of sp³-hybridized carbons (Fsp3) is 0.250. The highest BCUT2D eigenvalue weighted by atomic mass is 15.1. The lowest BCUT2D eigenvalue weighted by molar-refractivity contribution is 0.334. The van der Waals surface area contributed by atoms with Crippen molar-refractivity contribution in [3.05, 3.63) is 35.4 Å². The molecule has 0 amide bonds. The van der Waals surface area contributed by atoms with Crippen LogP contribution >= 0.6 is 0 Å². The average Bonchev–Trinajstić information content (AvgIpc) is 2.30. The Morgan fingerprint density at radius 3 is 2.19 bits per heavy atom. The van der Waals surface area contributed by atoms with Crippen LogP contribution in [0.2, 0.25) is 0 Å². The Balaban J connectivity index is 2.82. The Bertz CT molecular complexity index is 457. The van der Waals surface area contributed by atoms with Crippen molar-refractivity contribution in [2.45, 2.75) is 6.54 Å². The van der Waals surface area contributed by atoms with Gasteiger partial charge in [-0.25, -0.2) is 0 Å². The third-order valence-corrected chi connectivity index (χ3v) is 2.12. The van der Waals surface area contributed by atoms with Crippen molar-refractivity contribution in [1.82, 2.24) is 4.90 Å². The van der Waals surface area contributed by atoms with Gasteiger partial charge in [0.1, 0.15) is 0 Å². The van der Waals surface area contributed by atoms with Gasteiger partial charge in [-0.1, -0.05) is 18.2 Å². The first-order valence-electron chi connectivity index (χ1n) is 4.76. The lowest BCUT2D eigenvalue weighted by Crippen LogP contribution is -2.24. The van der Waals surface area contributed by atoms with Gasteiger partial charge in [0, 0.05) is 6.54 Å². The topological polar surface area (TPSA) is 74.6 Å². The molecule has 0 saturated carbocycles. The highest BCUT2D eigenvalue weighted by Crippen LogP contribution is 2.10. The van der Waals surface area contributed by atoms with Crippen molar-refractivity contribution in [1.29, 1.82) is 15.8 Å². The maximum atomic E-state index is 8.89. The summed E-state index contributed by atoms with van der Waals surface area (Å²) >= 11 is 0. The van der Waals surface area contributed by atoms with Crippen molar-refractivity contribution in [3.8, 4) is 18.2 Å². The van der Waals surface area contributed by atoms with Crippen molar-refractivity contribution in [3.63, 3.8) is 0 Å². The highest BCUT2D eigenvalue weighted by molar-refractivity contribution is 5.37. The van der Waals surface area contributed by atoms with E-state index < -0.39 is 0 Å². The van der Waals surface area contributed by atoms with E-state index in [1.54, 1.807) is 17.0 Å². The molecule has 0 unspecified atom stereocenters. The van der Waals surface area contributed by atoms with Crippen LogP contribution in [0, 0.1) is 34.0 Å². The summed E-state index contributed by atoms with van der Waals surface area (Å²) in [7, 11) is 0. The standard InChI is InChI=1S/C12H10N4/c13-5-7-16(8-6-14)10-12-4-2-1-3-11(12)9-15/h1-4H,7-8,10H2. The number of rotatable bonds is 4. The van der Waals surface area contributed by atoms with E-state index >= 15 is 0 Å². The smallest absolute Gasteiger partial charge is 0.0995 e. The second-order valence-corrected chi connectivity index (χ2v) is 3.23. The molecule has 0 saturated heterocycles. The summed E-state index contributed by atoms with van der Waals surface area (Å²) in [4.78, 5) is 1.69. The average molecular weight is 210 g/mol. The molecule has 0 aliphatic rings. The quantitative estimate of drug-likeness (QED) is 0.704. The minimum Gasteiger partial charge on any atom is -0.273 e. The van der Waals surface area contributed by atoms with Gasteiger partial charge in [-0.15, -0.1) is 0 Å². The minimum atomic E-state index is 0.188. The molecule has 0 aliphatic heterocycles. The zero-order chi connectivity index (χ0) is 11.8. The molecular formula is C12H10N4. The minimum absolute atomic E-state index is 0.188. The molecule has 0 radical (unpaired) electrons. The van der Waals surface area contributed by atoms with Gasteiger partial charge in [0.25, 0.3) is 0 Å². The van der Waals surface area contributed by atoms with E-state index in [-0.39, 0.29) is 13.1 Å². The zero-order valence-corrected chi connectivity index (χ0v) is 8.72. The molecule has 0 spiro atoms. The molecule has 0 aromatic heterocycles. The van der Waals surface area contributed by atoms with Crippen LogP contribution in [-0.2, 0) is 6.54 Å². The summed E-state index contributed by atoms with van der Waals surface area (Å²) < 4.78 is 0. The fourth-order valence-electron chi connectivity index (χ4n) is 1.38. The van der Waals surface area contributed by atoms with Gasteiger partial charge in [0.2, 0.25) is 0 Å². The van der Waals surface area contributed by atoms with Crippen LogP contribution < -0.4 is 0 Å². The molecule has 78 valence electrons. The zero-order valence-electron chi connectivity index (χ0n) is 8.72. The SMILES string of the molecule is N#CCN(CC#N)Cc1ccccc1C#N. The van der Waals surface area contributed by atoms with Crippen molar-refractivity contribution in [2.75, 3.05) is 13.1 Å². The molecule has 1 aromatic carbocycles. The Hall–Kier alpha value is -2.35. The van der Waals surface area contributed by atoms with Gasteiger partial charge >= 0.3 is 0 Å². The maximum absolute atomic E-state index is 8.89.